The minimum atomic E-state index is -0.910. The number of carbonyl (C=O) groups is 14. The highest BCUT2D eigenvalue weighted by atomic mass is 16.8. The second-order valence-electron chi connectivity index (χ2n) is 23.1. The summed E-state index contributed by atoms with van der Waals surface area (Å²) in [5.74, 6) is -3.65. The Morgan fingerprint density at radius 1 is 0.383 bits per heavy atom. The van der Waals surface area contributed by atoms with Crippen LogP contribution >= 0.6 is 0 Å². The van der Waals surface area contributed by atoms with Crippen LogP contribution in [0.4, 0.5) is 33.6 Å². The fourth-order valence-corrected chi connectivity index (χ4v) is 7.72. The Morgan fingerprint density at radius 2 is 0.660 bits per heavy atom. The molecule has 530 valence electrons. The van der Waals surface area contributed by atoms with Crippen LogP contribution in [0.25, 0.3) is 0 Å². The first-order chi connectivity index (χ1) is 44.4. The number of hydrogen-bond donors (Lipinski definition) is 0. The standard InChI is InChI=1S/C9H12O5.3C9H14O5.C8H10O5.C8H12O5.C7H8O5/c10-8(7-5-12-9(11)14-7)13-6-3-1-2-4-6;1-4-9(2,3)14-7(10)6-5-12-8(11)13-6;1-3-4-6(2)13-8(10)7-5-12-9(11)14-7;1-3-6(4-2)13-8(10)7-5-12-9(11)14-7;9-7(12-5-2-1-3-5)6-4-11-8(10)13-6;1-8(2,3)13-6(9)5-4-11-7(10)12-5;8-6(11-4-1-2-4)5-3-10-7(9)12-5/h6-7H,1-5H2;6H,4-5H2,1-3H3;2*6-7H,3-5H2,1-2H3;5-6H,1-4H2;5H,4H2,1-3H3;4-5H,1-3H2. The second kappa shape index (κ2) is 38.4. The van der Waals surface area contributed by atoms with E-state index < -0.39 is 139 Å². The van der Waals surface area contributed by atoms with Crippen LogP contribution in [0.2, 0.25) is 0 Å². The van der Waals surface area contributed by atoms with E-state index >= 15 is 0 Å². The molecule has 3 saturated carbocycles. The molecule has 0 spiro atoms. The van der Waals surface area contributed by atoms with Crippen LogP contribution in [0.15, 0.2) is 0 Å². The van der Waals surface area contributed by atoms with E-state index in [2.05, 4.69) is 66.3 Å². The molecular formula is C59H84O35. The van der Waals surface area contributed by atoms with Gasteiger partial charge in [-0.25, -0.2) is 67.1 Å². The molecule has 7 heterocycles. The fourth-order valence-electron chi connectivity index (χ4n) is 7.72. The average molecular weight is 1350 g/mol. The normalized spacial score (nSPS) is 24.0. The van der Waals surface area contributed by atoms with Crippen molar-refractivity contribution in [1.29, 1.82) is 0 Å². The number of ether oxygens (including phenoxy) is 21. The quantitative estimate of drug-likeness (QED) is 0.105. The summed E-state index contributed by atoms with van der Waals surface area (Å²) in [5, 5.41) is 0. The summed E-state index contributed by atoms with van der Waals surface area (Å²) in [6.45, 7) is 18.1. The zero-order valence-electron chi connectivity index (χ0n) is 54.1. The summed E-state index contributed by atoms with van der Waals surface area (Å²) in [6.07, 6.45) is 0.693. The topological polar surface area (TPSA) is 433 Å². The van der Waals surface area contributed by atoms with Gasteiger partial charge in [-0.05, 0) is 125 Å². The maximum atomic E-state index is 11.4. The summed E-state index contributed by atoms with van der Waals surface area (Å²) in [4.78, 5) is 152. The Bertz CT molecular complexity index is 2550. The Morgan fingerprint density at radius 3 is 0.904 bits per heavy atom. The molecule has 0 bridgehead atoms. The second-order valence-corrected chi connectivity index (χ2v) is 23.1. The molecule has 0 aromatic rings. The summed E-state index contributed by atoms with van der Waals surface area (Å²) in [7, 11) is 0. The van der Waals surface area contributed by atoms with Crippen molar-refractivity contribution in [2.24, 2.45) is 0 Å². The van der Waals surface area contributed by atoms with E-state index in [1.165, 1.54) is 0 Å². The highest BCUT2D eigenvalue weighted by Crippen LogP contribution is 2.27. The number of hydrogen-bond acceptors (Lipinski definition) is 35. The first-order valence-corrected chi connectivity index (χ1v) is 30.7. The van der Waals surface area contributed by atoms with Gasteiger partial charge in [0.25, 0.3) is 0 Å². The molecule has 10 fully saturated rings. The maximum absolute atomic E-state index is 11.4. The van der Waals surface area contributed by atoms with Crippen LogP contribution in [0.3, 0.4) is 0 Å². The number of rotatable bonds is 18. The zero-order valence-corrected chi connectivity index (χ0v) is 54.1. The summed E-state index contributed by atoms with van der Waals surface area (Å²) < 4.78 is 98.4. The molecule has 0 radical (unpaired) electrons. The van der Waals surface area contributed by atoms with E-state index in [-0.39, 0.29) is 76.8 Å². The van der Waals surface area contributed by atoms with Crippen LogP contribution in [0, 0.1) is 0 Å². The van der Waals surface area contributed by atoms with Crippen LogP contribution in [-0.2, 0) is 133 Å². The molecular weight excluding hydrogens is 1270 g/mol. The van der Waals surface area contributed by atoms with Gasteiger partial charge in [0.15, 0.2) is 0 Å². The maximum Gasteiger partial charge on any atom is 0.509 e. The van der Waals surface area contributed by atoms with Gasteiger partial charge in [-0.2, -0.15) is 0 Å². The molecule has 3 aliphatic carbocycles. The van der Waals surface area contributed by atoms with Gasteiger partial charge in [0.05, 0.1) is 6.10 Å². The molecule has 10 rings (SSSR count). The van der Waals surface area contributed by atoms with E-state index in [1.54, 1.807) is 41.5 Å². The van der Waals surface area contributed by atoms with Crippen molar-refractivity contribution in [1.82, 2.24) is 0 Å². The molecule has 8 atom stereocenters. The monoisotopic (exact) mass is 1350 g/mol. The highest BCUT2D eigenvalue weighted by Gasteiger charge is 2.41. The van der Waals surface area contributed by atoms with Crippen LogP contribution in [-0.4, -0.2) is 216 Å². The number of esters is 7. The van der Waals surface area contributed by atoms with E-state index in [4.69, 9.17) is 33.2 Å². The zero-order chi connectivity index (χ0) is 69.7. The summed E-state index contributed by atoms with van der Waals surface area (Å²) >= 11 is 0. The molecule has 7 aliphatic heterocycles. The van der Waals surface area contributed by atoms with Gasteiger partial charge in [-0.15, -0.1) is 0 Å². The lowest BCUT2D eigenvalue weighted by atomic mass is 9.96. The van der Waals surface area contributed by atoms with E-state index in [9.17, 15) is 67.1 Å². The lowest BCUT2D eigenvalue weighted by molar-refractivity contribution is -0.165. The van der Waals surface area contributed by atoms with Crippen molar-refractivity contribution in [3.8, 4) is 0 Å². The van der Waals surface area contributed by atoms with E-state index in [0.29, 0.717) is 6.42 Å². The first kappa shape index (κ1) is 77.6. The third-order valence-electron chi connectivity index (χ3n) is 13.5. The molecule has 35 heteroatoms. The van der Waals surface area contributed by atoms with Crippen molar-refractivity contribution in [2.45, 2.75) is 244 Å². The average Bonchev–Trinajstić information content (AvgIpc) is 3.15. The predicted octanol–water partition coefficient (Wildman–Crippen LogP) is 6.48. The Hall–Kier alpha value is -8.82. The van der Waals surface area contributed by atoms with Crippen LogP contribution in [0.1, 0.15) is 159 Å². The molecule has 7 saturated heterocycles. The van der Waals surface area contributed by atoms with Gasteiger partial charge in [-0.1, -0.05) is 34.1 Å². The summed E-state index contributed by atoms with van der Waals surface area (Å²) in [6, 6.07) is 0. The third kappa shape index (κ3) is 29.4. The largest absolute Gasteiger partial charge is 0.509 e. The Balaban J connectivity index is 0.000000234. The van der Waals surface area contributed by atoms with Crippen molar-refractivity contribution in [2.75, 3.05) is 46.2 Å². The minimum absolute atomic E-state index is 0.00167. The molecule has 35 nitrogen and oxygen atoms in total. The van der Waals surface area contributed by atoms with Gasteiger partial charge < -0.3 is 99.5 Å². The minimum Gasteiger partial charge on any atom is -0.460 e. The molecule has 0 N–H and O–H groups in total. The summed E-state index contributed by atoms with van der Waals surface area (Å²) in [5.41, 5.74) is -1.11. The van der Waals surface area contributed by atoms with Gasteiger partial charge in [0.1, 0.15) is 81.9 Å². The highest BCUT2D eigenvalue weighted by molar-refractivity contribution is 5.83. The molecule has 94 heavy (non-hydrogen) atoms. The molecule has 0 amide bonds. The molecule has 0 aromatic carbocycles. The number of carbonyl (C=O) groups excluding carboxylic acids is 14. The molecule has 8 unspecified atom stereocenters. The molecule has 10 aliphatic rings. The van der Waals surface area contributed by atoms with Crippen LogP contribution < -0.4 is 0 Å². The lowest BCUT2D eigenvalue weighted by Crippen LogP contribution is -2.34. The molecule has 0 aromatic heterocycles. The van der Waals surface area contributed by atoms with Gasteiger partial charge in [0, 0.05) is 0 Å². The van der Waals surface area contributed by atoms with Crippen molar-refractivity contribution in [3.05, 3.63) is 0 Å². The van der Waals surface area contributed by atoms with E-state index in [1.807, 2.05) is 27.7 Å². The lowest BCUT2D eigenvalue weighted by Gasteiger charge is -2.25. The Labute approximate surface area is 540 Å². The SMILES string of the molecule is CC(C)(C)OC(=O)C1COC(=O)O1.CCC(C)(C)OC(=O)C1COC(=O)O1.CCC(CC)OC(=O)C1COC(=O)O1.CCCC(C)OC(=O)C1COC(=O)O1.O=C1OCC(C(=O)OC2CC2)O1.O=C1OCC(C(=O)OC2CCC2)O1.O=C1OCC(C(=O)OC2CCCC2)O1. The number of cyclic esters (lactones) is 14. The van der Waals surface area contributed by atoms with Crippen molar-refractivity contribution in [3.63, 3.8) is 0 Å². The smallest absolute Gasteiger partial charge is 0.460 e. The van der Waals surface area contributed by atoms with E-state index in [0.717, 1.165) is 83.5 Å². The van der Waals surface area contributed by atoms with Crippen molar-refractivity contribution >= 4 is 84.9 Å². The van der Waals surface area contributed by atoms with Crippen molar-refractivity contribution < 1.29 is 167 Å². The Kier molecular flexibility index (Phi) is 31.7. The predicted molar refractivity (Wildman–Crippen MR) is 302 cm³/mol. The first-order valence-electron chi connectivity index (χ1n) is 30.7. The van der Waals surface area contributed by atoms with Gasteiger partial charge in [-0.3, -0.25) is 0 Å². The fraction of sp³-hybridized carbons (Fsp3) is 0.763. The van der Waals surface area contributed by atoms with Gasteiger partial charge >= 0.3 is 84.9 Å². The van der Waals surface area contributed by atoms with Gasteiger partial charge in [0.2, 0.25) is 42.7 Å². The third-order valence-corrected chi connectivity index (χ3v) is 13.5. The van der Waals surface area contributed by atoms with Crippen LogP contribution in [0.5, 0.6) is 0 Å².